The first-order chi connectivity index (χ1) is 8.52. The van der Waals surface area contributed by atoms with E-state index in [1.807, 2.05) is 24.3 Å². The van der Waals surface area contributed by atoms with Gasteiger partial charge in [0.1, 0.15) is 11.3 Å². The van der Waals surface area contributed by atoms with Crippen molar-refractivity contribution in [1.29, 1.82) is 0 Å². The van der Waals surface area contributed by atoms with Crippen molar-refractivity contribution >= 4 is 0 Å². The zero-order valence-corrected chi connectivity index (χ0v) is 9.76. The van der Waals surface area contributed by atoms with Gasteiger partial charge >= 0.3 is 6.18 Å². The van der Waals surface area contributed by atoms with Crippen LogP contribution in [0, 0.1) is 0 Å². The summed E-state index contributed by atoms with van der Waals surface area (Å²) in [7, 11) is 0. The Morgan fingerprint density at radius 1 is 1.28 bits per heavy atom. The Bertz CT molecular complexity index is 454. The van der Waals surface area contributed by atoms with Gasteiger partial charge in [-0.1, -0.05) is 18.2 Å². The molecule has 0 saturated heterocycles. The SMILES string of the molecule is FC(F)(F)C1(NCC2COc3ccccc32)CC1. The van der Waals surface area contributed by atoms with Gasteiger partial charge in [-0.2, -0.15) is 13.2 Å². The van der Waals surface area contributed by atoms with E-state index in [9.17, 15) is 13.2 Å². The van der Waals surface area contributed by atoms with E-state index < -0.39 is 11.7 Å². The monoisotopic (exact) mass is 257 g/mol. The minimum Gasteiger partial charge on any atom is -0.493 e. The molecule has 1 unspecified atom stereocenters. The summed E-state index contributed by atoms with van der Waals surface area (Å²) in [5, 5.41) is 2.69. The van der Waals surface area contributed by atoms with Crippen molar-refractivity contribution in [1.82, 2.24) is 5.32 Å². The van der Waals surface area contributed by atoms with Gasteiger partial charge in [0.25, 0.3) is 0 Å². The standard InChI is InChI=1S/C13H14F3NO/c14-13(15,16)12(5-6-12)17-7-9-8-18-11-4-2-1-3-10(9)11/h1-4,9,17H,5-8H2. The van der Waals surface area contributed by atoms with Crippen LogP contribution in [-0.4, -0.2) is 24.9 Å². The largest absolute Gasteiger partial charge is 0.493 e. The maximum Gasteiger partial charge on any atom is 0.406 e. The Balaban J connectivity index is 1.66. The minimum absolute atomic E-state index is 0.0148. The molecule has 98 valence electrons. The number of hydrogen-bond donors (Lipinski definition) is 1. The molecular weight excluding hydrogens is 243 g/mol. The maximum atomic E-state index is 12.8. The molecule has 1 aromatic rings. The van der Waals surface area contributed by atoms with E-state index in [0.717, 1.165) is 11.3 Å². The predicted octanol–water partition coefficient (Wildman–Crippen LogP) is 2.85. The molecule has 1 atom stereocenters. The molecule has 0 bridgehead atoms. The van der Waals surface area contributed by atoms with E-state index in [-0.39, 0.29) is 18.8 Å². The van der Waals surface area contributed by atoms with Gasteiger partial charge in [-0.15, -0.1) is 0 Å². The Kier molecular flexibility index (Phi) is 2.55. The molecule has 5 heteroatoms. The average Bonchev–Trinajstić information content (AvgIpc) is 3.02. The zero-order chi connectivity index (χ0) is 12.8. The second kappa shape index (κ2) is 3.88. The molecule has 18 heavy (non-hydrogen) atoms. The molecule has 1 aliphatic carbocycles. The molecule has 1 aromatic carbocycles. The first-order valence-electron chi connectivity index (χ1n) is 6.05. The van der Waals surface area contributed by atoms with Crippen molar-refractivity contribution in [2.75, 3.05) is 13.2 Å². The Labute approximate surface area is 103 Å². The summed E-state index contributed by atoms with van der Waals surface area (Å²) in [5.41, 5.74) is -0.632. The van der Waals surface area contributed by atoms with Crippen LogP contribution in [0.25, 0.3) is 0 Å². The fourth-order valence-electron chi connectivity index (χ4n) is 2.40. The van der Waals surface area contributed by atoms with Gasteiger partial charge in [0.2, 0.25) is 0 Å². The highest BCUT2D eigenvalue weighted by atomic mass is 19.4. The number of halogens is 3. The molecule has 1 N–H and O–H groups in total. The lowest BCUT2D eigenvalue weighted by molar-refractivity contribution is -0.165. The molecule has 2 aliphatic rings. The Morgan fingerprint density at radius 2 is 2.00 bits per heavy atom. The Morgan fingerprint density at radius 3 is 2.67 bits per heavy atom. The van der Waals surface area contributed by atoms with Gasteiger partial charge in [0.15, 0.2) is 0 Å². The van der Waals surface area contributed by atoms with Crippen LogP contribution in [0.5, 0.6) is 5.75 Å². The lowest BCUT2D eigenvalue weighted by Gasteiger charge is -2.22. The topological polar surface area (TPSA) is 21.3 Å². The molecule has 3 rings (SSSR count). The molecule has 0 aromatic heterocycles. The highest BCUT2D eigenvalue weighted by Gasteiger charge is 2.63. The summed E-state index contributed by atoms with van der Waals surface area (Å²) in [6.07, 6.45) is -3.77. The zero-order valence-electron chi connectivity index (χ0n) is 9.76. The van der Waals surface area contributed by atoms with Gasteiger partial charge in [-0.05, 0) is 18.9 Å². The molecule has 0 spiro atoms. The number of rotatable bonds is 3. The molecule has 0 radical (unpaired) electrons. The first-order valence-corrected chi connectivity index (χ1v) is 6.05. The number of hydrogen-bond acceptors (Lipinski definition) is 2. The Hall–Kier alpha value is -1.23. The third-order valence-electron chi connectivity index (χ3n) is 3.78. The van der Waals surface area contributed by atoms with Crippen molar-refractivity contribution in [3.63, 3.8) is 0 Å². The molecular formula is C13H14F3NO. The molecule has 1 fully saturated rings. The van der Waals surface area contributed by atoms with Crippen LogP contribution in [-0.2, 0) is 0 Å². The van der Waals surface area contributed by atoms with Crippen LogP contribution >= 0.6 is 0 Å². The lowest BCUT2D eigenvalue weighted by Crippen LogP contribution is -2.46. The molecule has 1 saturated carbocycles. The number of fused-ring (bicyclic) bond motifs is 1. The van der Waals surface area contributed by atoms with Gasteiger partial charge in [0.05, 0.1) is 6.61 Å². The third-order valence-corrected chi connectivity index (χ3v) is 3.78. The van der Waals surface area contributed by atoms with E-state index in [2.05, 4.69) is 5.32 Å². The van der Waals surface area contributed by atoms with Crippen molar-refractivity contribution < 1.29 is 17.9 Å². The summed E-state index contributed by atoms with van der Waals surface area (Å²) < 4.78 is 43.8. The van der Waals surface area contributed by atoms with Crippen molar-refractivity contribution in [3.8, 4) is 5.75 Å². The summed E-state index contributed by atoms with van der Waals surface area (Å²) in [4.78, 5) is 0. The molecule has 1 heterocycles. The first kappa shape index (κ1) is 11.8. The van der Waals surface area contributed by atoms with Gasteiger partial charge in [0, 0.05) is 18.0 Å². The van der Waals surface area contributed by atoms with Crippen LogP contribution < -0.4 is 10.1 Å². The molecule has 1 aliphatic heterocycles. The summed E-state index contributed by atoms with van der Waals surface area (Å²) in [6.45, 7) is 0.775. The average molecular weight is 257 g/mol. The van der Waals surface area contributed by atoms with Crippen LogP contribution in [0.4, 0.5) is 13.2 Å². The second-order valence-corrected chi connectivity index (χ2v) is 5.01. The van der Waals surface area contributed by atoms with Crippen LogP contribution in [0.3, 0.4) is 0 Å². The van der Waals surface area contributed by atoms with Crippen LogP contribution in [0.15, 0.2) is 24.3 Å². The third kappa shape index (κ3) is 1.86. The van der Waals surface area contributed by atoms with Crippen LogP contribution in [0.1, 0.15) is 24.3 Å². The number of ether oxygens (including phenoxy) is 1. The van der Waals surface area contributed by atoms with E-state index in [0.29, 0.717) is 13.2 Å². The summed E-state index contributed by atoms with van der Waals surface area (Å²) >= 11 is 0. The minimum atomic E-state index is -4.15. The lowest BCUT2D eigenvalue weighted by atomic mass is 10.0. The number of alkyl halides is 3. The van der Waals surface area contributed by atoms with Gasteiger partial charge in [-0.3, -0.25) is 0 Å². The highest BCUT2D eigenvalue weighted by Crippen LogP contribution is 2.49. The van der Waals surface area contributed by atoms with Crippen molar-refractivity contribution in [3.05, 3.63) is 29.8 Å². The van der Waals surface area contributed by atoms with E-state index in [1.165, 1.54) is 0 Å². The van der Waals surface area contributed by atoms with Crippen LogP contribution in [0.2, 0.25) is 0 Å². The fourth-order valence-corrected chi connectivity index (χ4v) is 2.40. The smallest absolute Gasteiger partial charge is 0.406 e. The van der Waals surface area contributed by atoms with Gasteiger partial charge < -0.3 is 10.1 Å². The number of benzene rings is 1. The van der Waals surface area contributed by atoms with Gasteiger partial charge in [-0.25, -0.2) is 0 Å². The quantitative estimate of drug-likeness (QED) is 0.899. The van der Waals surface area contributed by atoms with Crippen molar-refractivity contribution in [2.24, 2.45) is 0 Å². The predicted molar refractivity (Wildman–Crippen MR) is 60.7 cm³/mol. The number of nitrogens with one attached hydrogen (secondary N) is 1. The van der Waals surface area contributed by atoms with Crippen molar-refractivity contribution in [2.45, 2.75) is 30.5 Å². The van der Waals surface area contributed by atoms with E-state index in [4.69, 9.17) is 4.74 Å². The second-order valence-electron chi connectivity index (χ2n) is 5.01. The summed E-state index contributed by atoms with van der Waals surface area (Å²) in [6, 6.07) is 7.53. The normalized spacial score (nSPS) is 24.5. The van der Waals surface area contributed by atoms with E-state index in [1.54, 1.807) is 0 Å². The maximum absolute atomic E-state index is 12.8. The summed E-state index contributed by atoms with van der Waals surface area (Å²) in [5.74, 6) is 0.808. The van der Waals surface area contributed by atoms with E-state index >= 15 is 0 Å². The molecule has 0 amide bonds. The highest BCUT2D eigenvalue weighted by molar-refractivity contribution is 5.39. The number of para-hydroxylation sites is 1. The fraction of sp³-hybridized carbons (Fsp3) is 0.538. The molecule has 2 nitrogen and oxygen atoms in total.